The third-order valence-electron chi connectivity index (χ3n) is 2.39. The Morgan fingerprint density at radius 1 is 1.29 bits per heavy atom. The van der Waals surface area contributed by atoms with Gasteiger partial charge in [0.2, 0.25) is 0 Å². The highest BCUT2D eigenvalue weighted by atomic mass is 79.9. The molecule has 0 N–H and O–H groups in total. The highest BCUT2D eigenvalue weighted by Crippen LogP contribution is 2.31. The van der Waals surface area contributed by atoms with Gasteiger partial charge in [-0.05, 0) is 25.5 Å². The SMILES string of the molecule is CC1(c2cccc(Br)c2)OCCCO1. The summed E-state index contributed by atoms with van der Waals surface area (Å²) in [6.45, 7) is 3.50. The maximum atomic E-state index is 5.66. The summed E-state index contributed by atoms with van der Waals surface area (Å²) in [7, 11) is 0. The summed E-state index contributed by atoms with van der Waals surface area (Å²) < 4.78 is 12.4. The molecule has 1 fully saturated rings. The van der Waals surface area contributed by atoms with Crippen LogP contribution in [0.25, 0.3) is 0 Å². The Labute approximate surface area is 92.3 Å². The molecule has 2 rings (SSSR count). The fourth-order valence-electron chi connectivity index (χ4n) is 1.57. The first-order valence-electron chi connectivity index (χ1n) is 4.75. The second kappa shape index (κ2) is 4.01. The van der Waals surface area contributed by atoms with Crippen LogP contribution in [-0.4, -0.2) is 13.2 Å². The first kappa shape index (κ1) is 10.1. The molecular weight excluding hydrogens is 244 g/mol. The zero-order valence-electron chi connectivity index (χ0n) is 8.13. The van der Waals surface area contributed by atoms with Crippen LogP contribution < -0.4 is 0 Å². The van der Waals surface area contributed by atoms with Crippen LogP contribution >= 0.6 is 15.9 Å². The number of rotatable bonds is 1. The van der Waals surface area contributed by atoms with Crippen LogP contribution in [0.3, 0.4) is 0 Å². The summed E-state index contributed by atoms with van der Waals surface area (Å²) in [4.78, 5) is 0. The molecule has 0 spiro atoms. The molecule has 0 aliphatic carbocycles. The molecule has 3 heteroatoms. The second-order valence-electron chi connectivity index (χ2n) is 3.51. The fourth-order valence-corrected chi connectivity index (χ4v) is 1.97. The summed E-state index contributed by atoms with van der Waals surface area (Å²) in [6.07, 6.45) is 0.976. The molecule has 0 amide bonds. The molecule has 1 heterocycles. The normalized spacial score (nSPS) is 20.7. The molecule has 1 aliphatic heterocycles. The molecule has 0 atom stereocenters. The quantitative estimate of drug-likeness (QED) is 0.769. The Morgan fingerprint density at radius 2 is 2.00 bits per heavy atom. The average molecular weight is 257 g/mol. The van der Waals surface area contributed by atoms with E-state index in [1.165, 1.54) is 0 Å². The third-order valence-corrected chi connectivity index (χ3v) is 2.89. The van der Waals surface area contributed by atoms with Gasteiger partial charge in [0.25, 0.3) is 0 Å². The molecule has 0 radical (unpaired) electrons. The predicted octanol–water partition coefficient (Wildman–Crippen LogP) is 3.06. The first-order valence-corrected chi connectivity index (χ1v) is 5.54. The van der Waals surface area contributed by atoms with Gasteiger partial charge in [0.1, 0.15) is 0 Å². The fraction of sp³-hybridized carbons (Fsp3) is 0.455. The summed E-state index contributed by atoms with van der Waals surface area (Å²) in [5.74, 6) is -0.567. The maximum absolute atomic E-state index is 5.66. The monoisotopic (exact) mass is 256 g/mol. The van der Waals surface area contributed by atoms with Gasteiger partial charge in [-0.1, -0.05) is 28.1 Å². The lowest BCUT2D eigenvalue weighted by Gasteiger charge is -2.34. The topological polar surface area (TPSA) is 18.5 Å². The molecular formula is C11H13BrO2. The summed E-state index contributed by atoms with van der Waals surface area (Å²) in [6, 6.07) is 8.04. The number of hydrogen-bond acceptors (Lipinski definition) is 2. The van der Waals surface area contributed by atoms with Gasteiger partial charge >= 0.3 is 0 Å². The maximum Gasteiger partial charge on any atom is 0.191 e. The van der Waals surface area contributed by atoms with Crippen LogP contribution in [0, 0.1) is 0 Å². The molecule has 1 saturated heterocycles. The minimum Gasteiger partial charge on any atom is -0.346 e. The number of hydrogen-bond donors (Lipinski definition) is 0. The molecule has 0 aromatic heterocycles. The van der Waals surface area contributed by atoms with Gasteiger partial charge in [-0.3, -0.25) is 0 Å². The smallest absolute Gasteiger partial charge is 0.191 e. The van der Waals surface area contributed by atoms with Crippen molar-refractivity contribution >= 4 is 15.9 Å². The van der Waals surface area contributed by atoms with Crippen molar-refractivity contribution in [1.82, 2.24) is 0 Å². The molecule has 2 nitrogen and oxygen atoms in total. The van der Waals surface area contributed by atoms with Crippen molar-refractivity contribution in [3.8, 4) is 0 Å². The van der Waals surface area contributed by atoms with Crippen molar-refractivity contribution in [1.29, 1.82) is 0 Å². The van der Waals surface area contributed by atoms with E-state index in [-0.39, 0.29) is 0 Å². The van der Waals surface area contributed by atoms with E-state index in [9.17, 15) is 0 Å². The predicted molar refractivity (Wildman–Crippen MR) is 58.0 cm³/mol. The zero-order chi connectivity index (χ0) is 10.0. The van der Waals surface area contributed by atoms with Crippen LogP contribution in [0.5, 0.6) is 0 Å². The Bertz CT molecular complexity index is 319. The van der Waals surface area contributed by atoms with Crippen molar-refractivity contribution in [2.45, 2.75) is 19.1 Å². The minimum atomic E-state index is -0.567. The molecule has 0 unspecified atom stereocenters. The Balaban J connectivity index is 2.28. The number of benzene rings is 1. The molecule has 1 aliphatic rings. The van der Waals surface area contributed by atoms with E-state index < -0.39 is 5.79 Å². The van der Waals surface area contributed by atoms with Crippen molar-refractivity contribution in [3.63, 3.8) is 0 Å². The van der Waals surface area contributed by atoms with Crippen LogP contribution in [-0.2, 0) is 15.3 Å². The standard InChI is InChI=1S/C11H13BrO2/c1-11(13-6-3-7-14-11)9-4-2-5-10(12)8-9/h2,4-5,8H,3,6-7H2,1H3. The highest BCUT2D eigenvalue weighted by Gasteiger charge is 2.31. The van der Waals surface area contributed by atoms with E-state index in [0.717, 1.165) is 29.7 Å². The van der Waals surface area contributed by atoms with Gasteiger partial charge in [-0.25, -0.2) is 0 Å². The van der Waals surface area contributed by atoms with Crippen LogP contribution in [0.1, 0.15) is 18.9 Å². The van der Waals surface area contributed by atoms with Crippen molar-refractivity contribution < 1.29 is 9.47 Å². The van der Waals surface area contributed by atoms with Crippen LogP contribution in [0.15, 0.2) is 28.7 Å². The van der Waals surface area contributed by atoms with Gasteiger partial charge in [-0.2, -0.15) is 0 Å². The summed E-state index contributed by atoms with van der Waals surface area (Å²) in [5, 5.41) is 0. The first-order chi connectivity index (χ1) is 6.71. The molecule has 76 valence electrons. The Morgan fingerprint density at radius 3 is 2.64 bits per heavy atom. The van der Waals surface area contributed by atoms with Crippen molar-refractivity contribution in [2.24, 2.45) is 0 Å². The molecule has 1 aromatic rings. The minimum absolute atomic E-state index is 0.567. The number of halogens is 1. The Kier molecular flexibility index (Phi) is 2.91. The lowest BCUT2D eigenvalue weighted by molar-refractivity contribution is -0.264. The number of ether oxygens (including phenoxy) is 2. The van der Waals surface area contributed by atoms with E-state index in [1.807, 2.05) is 31.2 Å². The zero-order valence-corrected chi connectivity index (χ0v) is 9.71. The van der Waals surface area contributed by atoms with E-state index >= 15 is 0 Å². The van der Waals surface area contributed by atoms with E-state index in [2.05, 4.69) is 15.9 Å². The van der Waals surface area contributed by atoms with Gasteiger partial charge in [0.15, 0.2) is 5.79 Å². The van der Waals surface area contributed by atoms with Gasteiger partial charge in [-0.15, -0.1) is 0 Å². The van der Waals surface area contributed by atoms with Gasteiger partial charge in [0.05, 0.1) is 13.2 Å². The van der Waals surface area contributed by atoms with E-state index in [0.29, 0.717) is 0 Å². The average Bonchev–Trinajstić information content (AvgIpc) is 2.19. The molecule has 1 aromatic carbocycles. The molecule has 0 saturated carbocycles. The molecule has 14 heavy (non-hydrogen) atoms. The van der Waals surface area contributed by atoms with Gasteiger partial charge in [0, 0.05) is 10.0 Å². The summed E-state index contributed by atoms with van der Waals surface area (Å²) >= 11 is 3.44. The van der Waals surface area contributed by atoms with Crippen molar-refractivity contribution in [2.75, 3.05) is 13.2 Å². The lowest BCUT2D eigenvalue weighted by Crippen LogP contribution is -2.34. The van der Waals surface area contributed by atoms with Crippen LogP contribution in [0.2, 0.25) is 0 Å². The Hall–Kier alpha value is -0.380. The largest absolute Gasteiger partial charge is 0.346 e. The second-order valence-corrected chi connectivity index (χ2v) is 4.42. The van der Waals surface area contributed by atoms with E-state index in [4.69, 9.17) is 9.47 Å². The van der Waals surface area contributed by atoms with E-state index in [1.54, 1.807) is 0 Å². The van der Waals surface area contributed by atoms with Gasteiger partial charge < -0.3 is 9.47 Å². The van der Waals surface area contributed by atoms with Crippen molar-refractivity contribution in [3.05, 3.63) is 34.3 Å². The highest BCUT2D eigenvalue weighted by molar-refractivity contribution is 9.10. The third kappa shape index (κ3) is 2.00. The van der Waals surface area contributed by atoms with Crippen LogP contribution in [0.4, 0.5) is 0 Å². The molecule has 0 bridgehead atoms. The lowest BCUT2D eigenvalue weighted by atomic mass is 10.1. The summed E-state index contributed by atoms with van der Waals surface area (Å²) in [5.41, 5.74) is 1.06.